The minimum atomic E-state index is -1.32. The number of H-pyrrole nitrogens is 1. The van der Waals surface area contributed by atoms with Crippen LogP contribution in [-0.4, -0.2) is 121 Å². The van der Waals surface area contributed by atoms with Crippen LogP contribution >= 0.6 is 0 Å². The van der Waals surface area contributed by atoms with E-state index < -0.39 is 101 Å². The van der Waals surface area contributed by atoms with E-state index in [0.717, 1.165) is 42.1 Å². The van der Waals surface area contributed by atoms with Crippen molar-refractivity contribution < 1.29 is 43.2 Å². The molecule has 0 unspecified atom stereocenters. The van der Waals surface area contributed by atoms with Gasteiger partial charge in [0.25, 0.3) is 0 Å². The van der Waals surface area contributed by atoms with E-state index in [1.54, 1.807) is 36.5 Å². The van der Waals surface area contributed by atoms with E-state index in [2.05, 4.69) is 43.8 Å². The molecular weight excluding hydrogens is 971 g/mol. The smallest absolute Gasteiger partial charge is 0.243 e. The number of hydrogen-bond donors (Lipinski definition) is 11. The van der Waals surface area contributed by atoms with Crippen LogP contribution in [0.25, 0.3) is 10.9 Å². The zero-order valence-corrected chi connectivity index (χ0v) is 44.8. The Kier molecular flexibility index (Phi) is 27.0. The lowest BCUT2D eigenvalue weighted by atomic mass is 9.84. The third-order valence-corrected chi connectivity index (χ3v) is 14.0. The maximum Gasteiger partial charge on any atom is 0.243 e. The van der Waals surface area contributed by atoms with Crippen LogP contribution in [0.3, 0.4) is 0 Å². The zero-order chi connectivity index (χ0) is 55.6. The predicted octanol–water partition coefficient (Wildman–Crippen LogP) is 2.03. The van der Waals surface area contributed by atoms with E-state index in [0.29, 0.717) is 12.0 Å². The molecule has 8 atom stereocenters. The fraction of sp³-hybridized carbons (Fsp3) is 0.589. The number of benzene rings is 2. The van der Waals surface area contributed by atoms with Crippen LogP contribution in [-0.2, 0) is 56.0 Å². The number of rotatable bonds is 23. The molecule has 1 aromatic heterocycles. The largest absolute Gasteiger partial charge is 0.361 e. The first-order chi connectivity index (χ1) is 36.5. The normalized spacial score (nSPS) is 22.5. The van der Waals surface area contributed by atoms with Crippen LogP contribution in [0.2, 0.25) is 0 Å². The monoisotopic (exact) mass is 1060 g/mol. The molecule has 20 nitrogen and oxygen atoms in total. The first-order valence-corrected chi connectivity index (χ1v) is 27.3. The Morgan fingerprint density at radius 2 is 1.24 bits per heavy atom. The summed E-state index contributed by atoms with van der Waals surface area (Å²) in [6.07, 6.45) is 5.60. The van der Waals surface area contributed by atoms with Gasteiger partial charge in [-0.15, -0.1) is 0 Å². The molecule has 20 heteroatoms. The van der Waals surface area contributed by atoms with E-state index in [9.17, 15) is 43.2 Å². The Hall–Kier alpha value is -6.35. The van der Waals surface area contributed by atoms with Gasteiger partial charge < -0.3 is 59.8 Å². The van der Waals surface area contributed by atoms with Crippen molar-refractivity contribution in [2.45, 2.75) is 154 Å². The van der Waals surface area contributed by atoms with Gasteiger partial charge in [0.15, 0.2) is 11.6 Å². The number of nitrogens with two attached hydrogens (primary N) is 4. The highest BCUT2D eigenvalue weighted by Crippen LogP contribution is 2.26. The van der Waals surface area contributed by atoms with Crippen LogP contribution in [0.5, 0.6) is 0 Å². The Bertz CT molecular complexity index is 2380. The van der Waals surface area contributed by atoms with E-state index in [1.165, 1.54) is 0 Å². The minimum absolute atomic E-state index is 0.00435. The van der Waals surface area contributed by atoms with Crippen molar-refractivity contribution in [3.05, 3.63) is 71.9 Å². The lowest BCUT2D eigenvalue weighted by Gasteiger charge is -2.28. The van der Waals surface area contributed by atoms with Gasteiger partial charge in [0.05, 0.1) is 12.1 Å². The van der Waals surface area contributed by atoms with Gasteiger partial charge in [-0.1, -0.05) is 95.0 Å². The number of carbonyl (C=O) groups is 9. The van der Waals surface area contributed by atoms with Crippen molar-refractivity contribution >= 4 is 63.7 Å². The molecule has 0 aliphatic carbocycles. The first-order valence-electron chi connectivity index (χ1n) is 27.3. The van der Waals surface area contributed by atoms with Gasteiger partial charge in [-0.05, 0) is 87.7 Å². The Morgan fingerprint density at radius 1 is 0.632 bits per heavy atom. The number of carbonyl (C=O) groups excluding carboxylic acids is 9. The van der Waals surface area contributed by atoms with E-state index in [1.807, 2.05) is 38.1 Å². The lowest BCUT2D eigenvalue weighted by Crippen LogP contribution is -2.59. The minimum Gasteiger partial charge on any atom is -0.361 e. The summed E-state index contributed by atoms with van der Waals surface area (Å²) >= 11 is 0. The maximum absolute atomic E-state index is 14.5. The van der Waals surface area contributed by atoms with Crippen molar-refractivity contribution in [3.8, 4) is 0 Å². The second-order valence-corrected chi connectivity index (χ2v) is 20.6. The Morgan fingerprint density at radius 3 is 1.92 bits per heavy atom. The van der Waals surface area contributed by atoms with E-state index >= 15 is 0 Å². The molecule has 6 amide bonds. The number of fused-ring (bicyclic) bond motifs is 1. The number of para-hydroxylation sites is 1. The second kappa shape index (κ2) is 32.9. The molecule has 2 heterocycles. The molecule has 76 heavy (non-hydrogen) atoms. The summed E-state index contributed by atoms with van der Waals surface area (Å²) < 4.78 is 0. The topological polar surface area (TPSA) is 346 Å². The average Bonchev–Trinajstić information content (AvgIpc) is 3.80. The molecule has 4 rings (SSSR count). The summed E-state index contributed by atoms with van der Waals surface area (Å²) in [5.41, 5.74) is 26.3. The predicted molar refractivity (Wildman–Crippen MR) is 292 cm³/mol. The highest BCUT2D eigenvalue weighted by Gasteiger charge is 2.36. The number of aromatic amines is 1. The van der Waals surface area contributed by atoms with Crippen LogP contribution in [0, 0.1) is 23.7 Å². The summed E-state index contributed by atoms with van der Waals surface area (Å²) in [4.78, 5) is 131. The fourth-order valence-corrected chi connectivity index (χ4v) is 9.63. The first kappa shape index (κ1) is 62.2. The number of amides is 6. The van der Waals surface area contributed by atoms with Crippen molar-refractivity contribution in [3.63, 3.8) is 0 Å². The molecule has 2 aromatic carbocycles. The standard InChI is InChI=1S/C56H85N11O9/c1-4-5-6-7-11-18-51(71)63-47(33-60)50(70)31-38-22-26-61-52(72)39(29-40-34-62-42-17-13-12-16-41(40)42)32-48(68)37(19-23-57)30-49(69)43(20-24-58)64-55(75)45(27-35(2)3)66-56(76)46(28-36-14-9-8-10-15-36)67-54(74)44(21-25-59)65-53(38)73/h8-10,12-17,34-35,37-39,43-47,62H,4-7,11,18-33,57-60H2,1-3H3,(H,61,72)(H,63,71)(H,64,75)(H,65,73)(H,66,76)(H,67,74)/t37-,38-,39-,43+,44+,45+,46-,47-/m1/s1. The Balaban J connectivity index is 1.78. The molecule has 0 bridgehead atoms. The summed E-state index contributed by atoms with van der Waals surface area (Å²) in [7, 11) is 0. The zero-order valence-electron chi connectivity index (χ0n) is 44.8. The van der Waals surface area contributed by atoms with Crippen LogP contribution in [0.1, 0.15) is 122 Å². The van der Waals surface area contributed by atoms with Gasteiger partial charge in [-0.3, -0.25) is 43.2 Å². The van der Waals surface area contributed by atoms with Crippen molar-refractivity contribution in [1.82, 2.24) is 36.9 Å². The number of ketones is 3. The van der Waals surface area contributed by atoms with Gasteiger partial charge >= 0.3 is 0 Å². The molecule has 15 N–H and O–H groups in total. The third-order valence-electron chi connectivity index (χ3n) is 14.0. The van der Waals surface area contributed by atoms with Crippen molar-refractivity contribution in [2.75, 3.05) is 32.7 Å². The summed E-state index contributed by atoms with van der Waals surface area (Å²) in [6, 6.07) is 10.3. The molecule has 1 saturated heterocycles. The van der Waals surface area contributed by atoms with Crippen LogP contribution in [0.4, 0.5) is 0 Å². The molecule has 0 radical (unpaired) electrons. The van der Waals surface area contributed by atoms with Gasteiger partial charge in [0.2, 0.25) is 35.4 Å². The second-order valence-electron chi connectivity index (χ2n) is 20.6. The average molecular weight is 1060 g/mol. The SMILES string of the molecule is CCCCCCCC(=O)N[C@H](CN)C(=O)C[C@H]1CCNC(=O)[C@H](Cc2c[nH]c3ccccc23)CC(=O)[C@H](CCN)CC(=O)[C@H](CCN)NC(=O)[C@H](CC(C)C)NC(=O)[C@@H](Cc2ccccc2)NC(=O)[C@H](CCN)NC1=O. The number of aromatic nitrogens is 1. The number of Topliss-reactive ketones (excluding diaryl/α,β-unsaturated/α-hetero) is 3. The van der Waals surface area contributed by atoms with Gasteiger partial charge in [0, 0.05) is 80.0 Å². The van der Waals surface area contributed by atoms with Crippen molar-refractivity contribution in [1.29, 1.82) is 0 Å². The molecular formula is C56H85N11O9. The number of nitrogens with one attached hydrogen (secondary N) is 7. The molecule has 0 spiro atoms. The summed E-state index contributed by atoms with van der Waals surface area (Å²) in [5.74, 6) is -8.43. The van der Waals surface area contributed by atoms with Gasteiger partial charge in [0.1, 0.15) is 23.9 Å². The molecule has 1 aliphatic rings. The summed E-state index contributed by atoms with van der Waals surface area (Å²) in [5, 5.41) is 17.6. The van der Waals surface area contributed by atoms with Crippen LogP contribution < -0.4 is 54.8 Å². The van der Waals surface area contributed by atoms with Crippen molar-refractivity contribution in [2.24, 2.45) is 46.6 Å². The molecule has 3 aromatic rings. The number of unbranched alkanes of at least 4 members (excludes halogenated alkanes) is 4. The highest BCUT2D eigenvalue weighted by molar-refractivity contribution is 5.98. The van der Waals surface area contributed by atoms with Gasteiger partial charge in [-0.2, -0.15) is 0 Å². The number of hydrogen-bond acceptors (Lipinski definition) is 13. The van der Waals surface area contributed by atoms with Gasteiger partial charge in [-0.25, -0.2) is 0 Å². The molecule has 0 saturated carbocycles. The Labute approximate surface area is 447 Å². The van der Waals surface area contributed by atoms with E-state index in [-0.39, 0.29) is 109 Å². The fourth-order valence-electron chi connectivity index (χ4n) is 9.63. The summed E-state index contributed by atoms with van der Waals surface area (Å²) in [6.45, 7) is 5.37. The molecule has 418 valence electrons. The quantitative estimate of drug-likeness (QED) is 0.0607. The molecule has 1 aliphatic heterocycles. The lowest BCUT2D eigenvalue weighted by molar-refractivity contribution is -0.136. The molecule has 1 fully saturated rings. The third kappa shape index (κ3) is 20.3. The maximum atomic E-state index is 14.5. The highest BCUT2D eigenvalue weighted by atomic mass is 16.2. The van der Waals surface area contributed by atoms with Crippen LogP contribution in [0.15, 0.2) is 60.8 Å². The van der Waals surface area contributed by atoms with E-state index in [4.69, 9.17) is 22.9 Å².